The summed E-state index contributed by atoms with van der Waals surface area (Å²) in [5, 5.41) is 2.99. The minimum absolute atomic E-state index is 0.187. The maximum atomic E-state index is 13.1. The third kappa shape index (κ3) is 4.76. The van der Waals surface area contributed by atoms with E-state index in [9.17, 15) is 18.0 Å². The van der Waals surface area contributed by atoms with Crippen LogP contribution in [0.1, 0.15) is 63.9 Å². The van der Waals surface area contributed by atoms with Crippen LogP contribution in [-0.4, -0.2) is 50.2 Å². The molecule has 1 aromatic carbocycles. The lowest BCUT2D eigenvalue weighted by molar-refractivity contribution is -0.125. The van der Waals surface area contributed by atoms with Gasteiger partial charge in [0.15, 0.2) is 0 Å². The molecular weight excluding hydrogens is 426 g/mol. The number of rotatable bonds is 6. The van der Waals surface area contributed by atoms with E-state index in [0.29, 0.717) is 31.7 Å². The summed E-state index contributed by atoms with van der Waals surface area (Å²) in [6.45, 7) is 3.08. The van der Waals surface area contributed by atoms with Crippen LogP contribution >= 0.6 is 0 Å². The maximum absolute atomic E-state index is 13.1. The number of piperidine rings is 1. The summed E-state index contributed by atoms with van der Waals surface area (Å²) in [6.07, 6.45) is 10.9. The zero-order valence-electron chi connectivity index (χ0n) is 18.8. The van der Waals surface area contributed by atoms with Gasteiger partial charge in [-0.25, -0.2) is 8.42 Å². The number of nitrogens with zero attached hydrogens (tertiary/aromatic N) is 2. The Labute approximate surface area is 190 Å². The number of sulfonamides is 1. The van der Waals surface area contributed by atoms with E-state index in [1.807, 2.05) is 0 Å². The molecule has 1 saturated heterocycles. The van der Waals surface area contributed by atoms with Gasteiger partial charge in [0.1, 0.15) is 6.04 Å². The Morgan fingerprint density at radius 2 is 1.88 bits per heavy atom. The third-order valence-electron chi connectivity index (χ3n) is 6.76. The van der Waals surface area contributed by atoms with Crippen LogP contribution in [0.4, 0.5) is 5.69 Å². The lowest BCUT2D eigenvalue weighted by Crippen LogP contribution is -2.47. The molecule has 0 bridgehead atoms. The Hall–Kier alpha value is -2.19. The topological polar surface area (TPSA) is 86.8 Å². The van der Waals surface area contributed by atoms with Crippen LogP contribution in [0.15, 0.2) is 34.7 Å². The molecule has 8 heteroatoms. The number of hydrogen-bond acceptors (Lipinski definition) is 4. The number of anilines is 1. The lowest BCUT2D eigenvalue weighted by atomic mass is 9.97. The highest BCUT2D eigenvalue weighted by Crippen LogP contribution is 2.35. The third-order valence-corrected chi connectivity index (χ3v) is 8.66. The SMILES string of the molecule is CC(=O)N1c2ccc(S(=O)(=O)N3CCCCC3)cc2C[C@@H]1C(=O)NCCC1=CCCCC1. The van der Waals surface area contributed by atoms with Gasteiger partial charge in [0.25, 0.3) is 0 Å². The van der Waals surface area contributed by atoms with Crippen molar-refractivity contribution in [2.24, 2.45) is 0 Å². The van der Waals surface area contributed by atoms with Gasteiger partial charge in [-0.15, -0.1) is 0 Å². The summed E-state index contributed by atoms with van der Waals surface area (Å²) in [7, 11) is -3.56. The average molecular weight is 460 g/mol. The van der Waals surface area contributed by atoms with Gasteiger partial charge in [0, 0.05) is 38.7 Å². The molecule has 1 fully saturated rings. The van der Waals surface area contributed by atoms with Crippen molar-refractivity contribution < 1.29 is 18.0 Å². The zero-order valence-corrected chi connectivity index (χ0v) is 19.6. The first-order valence-corrected chi connectivity index (χ1v) is 13.2. The highest BCUT2D eigenvalue weighted by molar-refractivity contribution is 7.89. The number of carbonyl (C=O) groups is 2. The van der Waals surface area contributed by atoms with Gasteiger partial charge in [0.2, 0.25) is 21.8 Å². The first-order chi connectivity index (χ1) is 15.4. The molecule has 0 saturated carbocycles. The van der Waals surface area contributed by atoms with E-state index in [0.717, 1.165) is 44.1 Å². The summed E-state index contributed by atoms with van der Waals surface area (Å²) < 4.78 is 27.7. The number of carbonyl (C=O) groups excluding carboxylic acids is 2. The Morgan fingerprint density at radius 3 is 2.56 bits per heavy atom. The molecule has 1 atom stereocenters. The van der Waals surface area contributed by atoms with Gasteiger partial charge in [-0.3, -0.25) is 14.5 Å². The van der Waals surface area contributed by atoms with Crippen molar-refractivity contribution in [3.8, 4) is 0 Å². The minimum atomic E-state index is -3.56. The molecule has 7 nitrogen and oxygen atoms in total. The Bertz CT molecular complexity index is 1010. The molecule has 3 aliphatic rings. The van der Waals surface area contributed by atoms with Crippen molar-refractivity contribution in [2.75, 3.05) is 24.5 Å². The molecule has 2 heterocycles. The maximum Gasteiger partial charge on any atom is 0.243 e. The molecule has 2 amide bonds. The predicted molar refractivity (Wildman–Crippen MR) is 124 cm³/mol. The van der Waals surface area contributed by atoms with Crippen LogP contribution in [0.5, 0.6) is 0 Å². The van der Waals surface area contributed by atoms with E-state index in [2.05, 4.69) is 11.4 Å². The van der Waals surface area contributed by atoms with E-state index in [-0.39, 0.29) is 16.7 Å². The molecular formula is C24H33N3O4S. The normalized spacial score (nSPS) is 21.7. The van der Waals surface area contributed by atoms with Crippen molar-refractivity contribution in [3.05, 3.63) is 35.4 Å². The highest BCUT2D eigenvalue weighted by atomic mass is 32.2. The van der Waals surface area contributed by atoms with E-state index in [1.165, 1.54) is 30.2 Å². The van der Waals surface area contributed by atoms with Crippen molar-refractivity contribution in [2.45, 2.75) is 75.6 Å². The van der Waals surface area contributed by atoms with Crippen molar-refractivity contribution in [1.82, 2.24) is 9.62 Å². The molecule has 32 heavy (non-hydrogen) atoms. The summed E-state index contributed by atoms with van der Waals surface area (Å²) in [4.78, 5) is 27.1. The largest absolute Gasteiger partial charge is 0.354 e. The van der Waals surface area contributed by atoms with E-state index < -0.39 is 16.1 Å². The molecule has 4 rings (SSSR count). The summed E-state index contributed by atoms with van der Waals surface area (Å²) in [5.41, 5.74) is 2.75. The van der Waals surface area contributed by atoms with Crippen LogP contribution in [0.3, 0.4) is 0 Å². The van der Waals surface area contributed by atoms with Crippen LogP contribution in [-0.2, 0) is 26.0 Å². The van der Waals surface area contributed by atoms with Gasteiger partial charge < -0.3 is 5.32 Å². The molecule has 1 aliphatic carbocycles. The molecule has 2 aliphatic heterocycles. The second-order valence-corrected chi connectivity index (χ2v) is 11.0. The molecule has 1 N–H and O–H groups in total. The fourth-order valence-corrected chi connectivity index (χ4v) is 6.61. The lowest BCUT2D eigenvalue weighted by Gasteiger charge is -2.26. The highest BCUT2D eigenvalue weighted by Gasteiger charge is 2.38. The van der Waals surface area contributed by atoms with E-state index in [1.54, 1.807) is 22.5 Å². The molecule has 1 aromatic rings. The zero-order chi connectivity index (χ0) is 22.7. The van der Waals surface area contributed by atoms with Gasteiger partial charge in [-0.05, 0) is 68.7 Å². The molecule has 0 aromatic heterocycles. The van der Waals surface area contributed by atoms with E-state index in [4.69, 9.17) is 0 Å². The molecule has 0 radical (unpaired) electrons. The van der Waals surface area contributed by atoms with E-state index >= 15 is 0 Å². The number of benzene rings is 1. The van der Waals surface area contributed by atoms with Crippen LogP contribution in [0.2, 0.25) is 0 Å². The number of amides is 2. The monoisotopic (exact) mass is 459 g/mol. The first-order valence-electron chi connectivity index (χ1n) is 11.8. The molecule has 174 valence electrons. The Balaban J connectivity index is 1.48. The molecule has 0 unspecified atom stereocenters. The fourth-order valence-electron chi connectivity index (χ4n) is 5.04. The van der Waals surface area contributed by atoms with Gasteiger partial charge in [0.05, 0.1) is 4.90 Å². The minimum Gasteiger partial charge on any atom is -0.354 e. The standard InChI is InChI=1S/C24H33N3O4S/c1-18(28)27-22-11-10-21(32(30,31)26-14-6-3-7-15-26)16-20(22)17-23(27)24(29)25-13-12-19-8-4-2-5-9-19/h8,10-11,16,23H,2-7,9,12-15,17H2,1H3,(H,25,29)/t23-/m1/s1. The van der Waals surface area contributed by atoms with Gasteiger partial charge in [-0.2, -0.15) is 4.31 Å². The number of nitrogens with one attached hydrogen (secondary N) is 1. The first kappa shape index (κ1) is 23.0. The van der Waals surface area contributed by atoms with Crippen molar-refractivity contribution in [3.63, 3.8) is 0 Å². The van der Waals surface area contributed by atoms with Gasteiger partial charge >= 0.3 is 0 Å². The van der Waals surface area contributed by atoms with Crippen LogP contribution in [0.25, 0.3) is 0 Å². The number of allylic oxidation sites excluding steroid dienone is 1. The average Bonchev–Trinajstić information content (AvgIpc) is 3.19. The quantitative estimate of drug-likeness (QED) is 0.662. The van der Waals surface area contributed by atoms with Gasteiger partial charge in [-0.1, -0.05) is 18.1 Å². The van der Waals surface area contributed by atoms with Crippen molar-refractivity contribution >= 4 is 27.5 Å². The summed E-state index contributed by atoms with van der Waals surface area (Å²) in [6, 6.07) is 4.24. The second kappa shape index (κ2) is 9.75. The fraction of sp³-hybridized carbons (Fsp3) is 0.583. The number of hydrogen-bond donors (Lipinski definition) is 1. The number of fused-ring (bicyclic) bond motifs is 1. The smallest absolute Gasteiger partial charge is 0.243 e. The summed E-state index contributed by atoms with van der Waals surface area (Å²) in [5.74, 6) is -0.404. The van der Waals surface area contributed by atoms with Crippen molar-refractivity contribution in [1.29, 1.82) is 0 Å². The Morgan fingerprint density at radius 1 is 1.09 bits per heavy atom. The Kier molecular flexibility index (Phi) is 7.00. The summed E-state index contributed by atoms with van der Waals surface area (Å²) >= 11 is 0. The van der Waals surface area contributed by atoms with Crippen LogP contribution < -0.4 is 10.2 Å². The molecule has 0 spiro atoms. The van der Waals surface area contributed by atoms with Crippen LogP contribution in [0, 0.1) is 0 Å². The second-order valence-electron chi connectivity index (χ2n) is 9.01. The predicted octanol–water partition coefficient (Wildman–Crippen LogP) is 3.15.